The van der Waals surface area contributed by atoms with Crippen molar-refractivity contribution in [2.45, 2.75) is 0 Å². The molecule has 2 amide bonds. The highest BCUT2D eigenvalue weighted by molar-refractivity contribution is 6.33. The third-order valence-corrected chi connectivity index (χ3v) is 1.86. The van der Waals surface area contributed by atoms with Gasteiger partial charge in [-0.25, -0.2) is 4.98 Å². The van der Waals surface area contributed by atoms with Gasteiger partial charge in [-0.05, 0) is 6.07 Å². The molecule has 0 aliphatic rings. The van der Waals surface area contributed by atoms with Gasteiger partial charge in [-0.3, -0.25) is 9.59 Å². The largest absolute Gasteiger partial charge is 0.382 e. The maximum Gasteiger partial charge on any atom is 0.253 e. The van der Waals surface area contributed by atoms with Gasteiger partial charge < -0.3 is 16.8 Å². The highest BCUT2D eigenvalue weighted by Gasteiger charge is 2.08. The van der Waals surface area contributed by atoms with Gasteiger partial charge in [0.1, 0.15) is 5.82 Å². The first kappa shape index (κ1) is 11.3. The van der Waals surface area contributed by atoms with Gasteiger partial charge >= 0.3 is 0 Å². The molecule has 0 aliphatic heterocycles. The normalized spacial score (nSPS) is 9.67. The summed E-state index contributed by atoms with van der Waals surface area (Å²) in [6, 6.07) is 1.36. The van der Waals surface area contributed by atoms with Gasteiger partial charge in [0.05, 0.1) is 17.1 Å². The van der Waals surface area contributed by atoms with Crippen molar-refractivity contribution >= 4 is 29.2 Å². The molecule has 0 saturated heterocycles. The third-order valence-electron chi connectivity index (χ3n) is 1.56. The van der Waals surface area contributed by atoms with Crippen molar-refractivity contribution < 1.29 is 9.59 Å². The summed E-state index contributed by atoms with van der Waals surface area (Å²) in [7, 11) is 0. The van der Waals surface area contributed by atoms with Crippen LogP contribution in [0.2, 0.25) is 5.02 Å². The first-order valence-electron chi connectivity index (χ1n) is 3.98. The maximum absolute atomic E-state index is 11.4. The van der Waals surface area contributed by atoms with E-state index in [1.165, 1.54) is 12.3 Å². The Kier molecular flexibility index (Phi) is 3.46. The molecule has 15 heavy (non-hydrogen) atoms. The number of nitrogens with two attached hydrogens (primary N) is 2. The number of rotatable bonds is 3. The fraction of sp³-hybridized carbons (Fsp3) is 0.125. The molecule has 7 heteroatoms. The summed E-state index contributed by atoms with van der Waals surface area (Å²) in [5.41, 5.74) is 10.4. The first-order valence-corrected chi connectivity index (χ1v) is 4.36. The molecule has 1 heterocycles. The van der Waals surface area contributed by atoms with E-state index in [0.717, 1.165) is 0 Å². The van der Waals surface area contributed by atoms with Crippen molar-refractivity contribution in [3.8, 4) is 0 Å². The van der Waals surface area contributed by atoms with Crippen molar-refractivity contribution in [1.29, 1.82) is 0 Å². The third kappa shape index (κ3) is 3.10. The SMILES string of the molecule is NC(=O)CNC(=O)c1cnc(N)c(Cl)c1. The molecule has 1 aromatic heterocycles. The Balaban J connectivity index is 2.74. The monoisotopic (exact) mass is 228 g/mol. The molecule has 0 aromatic carbocycles. The van der Waals surface area contributed by atoms with Crippen LogP contribution in [-0.2, 0) is 4.79 Å². The van der Waals surface area contributed by atoms with Gasteiger partial charge in [-0.1, -0.05) is 11.6 Å². The smallest absolute Gasteiger partial charge is 0.253 e. The summed E-state index contributed by atoms with van der Waals surface area (Å²) in [5, 5.41) is 2.47. The predicted molar refractivity (Wildman–Crippen MR) is 55.2 cm³/mol. The molecule has 80 valence electrons. The number of hydrogen-bond donors (Lipinski definition) is 3. The molecule has 1 aromatic rings. The highest BCUT2D eigenvalue weighted by atomic mass is 35.5. The number of anilines is 1. The highest BCUT2D eigenvalue weighted by Crippen LogP contribution is 2.16. The average molecular weight is 229 g/mol. The summed E-state index contributed by atoms with van der Waals surface area (Å²) in [6.45, 7) is -0.235. The number of aromatic nitrogens is 1. The molecule has 5 N–H and O–H groups in total. The van der Waals surface area contributed by atoms with Crippen molar-refractivity contribution in [3.05, 3.63) is 22.8 Å². The number of primary amides is 1. The number of nitrogen functional groups attached to an aromatic ring is 1. The number of carbonyl (C=O) groups excluding carboxylic acids is 2. The second-order valence-electron chi connectivity index (χ2n) is 2.74. The second kappa shape index (κ2) is 4.61. The number of amides is 2. The van der Waals surface area contributed by atoms with E-state index in [1.807, 2.05) is 0 Å². The van der Waals surface area contributed by atoms with Crippen molar-refractivity contribution in [2.75, 3.05) is 12.3 Å². The Morgan fingerprint density at radius 1 is 1.53 bits per heavy atom. The topological polar surface area (TPSA) is 111 Å². The lowest BCUT2D eigenvalue weighted by Crippen LogP contribution is -2.33. The molecular formula is C8H9ClN4O2. The van der Waals surface area contributed by atoms with Gasteiger partial charge in [0.15, 0.2) is 0 Å². The van der Waals surface area contributed by atoms with Gasteiger partial charge in [0.2, 0.25) is 5.91 Å². The van der Waals surface area contributed by atoms with Crippen LogP contribution in [0, 0.1) is 0 Å². The molecule has 1 rings (SSSR count). The molecular weight excluding hydrogens is 220 g/mol. The van der Waals surface area contributed by atoms with E-state index < -0.39 is 11.8 Å². The number of nitrogens with one attached hydrogen (secondary N) is 1. The molecule has 0 unspecified atom stereocenters. The van der Waals surface area contributed by atoms with Crippen LogP contribution >= 0.6 is 11.6 Å². The van der Waals surface area contributed by atoms with Crippen LogP contribution in [0.5, 0.6) is 0 Å². The van der Waals surface area contributed by atoms with Crippen LogP contribution in [0.15, 0.2) is 12.3 Å². The summed E-state index contributed by atoms with van der Waals surface area (Å²) < 4.78 is 0. The number of nitrogens with zero attached hydrogens (tertiary/aromatic N) is 1. The van der Waals surface area contributed by atoms with Crippen molar-refractivity contribution in [1.82, 2.24) is 10.3 Å². The number of carbonyl (C=O) groups is 2. The summed E-state index contributed by atoms with van der Waals surface area (Å²) in [5.74, 6) is -0.968. The van der Waals surface area contributed by atoms with E-state index in [1.54, 1.807) is 0 Å². The first-order chi connectivity index (χ1) is 7.00. The Bertz CT molecular complexity index is 408. The molecule has 0 fully saturated rings. The van der Waals surface area contributed by atoms with Crippen LogP contribution < -0.4 is 16.8 Å². The summed E-state index contributed by atoms with van der Waals surface area (Å²) in [6.07, 6.45) is 1.26. The summed E-state index contributed by atoms with van der Waals surface area (Å²) in [4.78, 5) is 25.5. The minimum absolute atomic E-state index is 0.142. The van der Waals surface area contributed by atoms with Crippen molar-refractivity contribution in [3.63, 3.8) is 0 Å². The predicted octanol–water partition coefficient (Wildman–Crippen LogP) is -0.468. The quantitative estimate of drug-likeness (QED) is 0.650. The second-order valence-corrected chi connectivity index (χ2v) is 3.15. The molecule has 0 aliphatic carbocycles. The van der Waals surface area contributed by atoms with Crippen LogP contribution in [0.1, 0.15) is 10.4 Å². The minimum Gasteiger partial charge on any atom is -0.382 e. The van der Waals surface area contributed by atoms with E-state index in [0.29, 0.717) is 0 Å². The van der Waals surface area contributed by atoms with E-state index in [2.05, 4.69) is 10.3 Å². The molecule has 6 nitrogen and oxygen atoms in total. The zero-order chi connectivity index (χ0) is 11.4. The number of halogens is 1. The zero-order valence-electron chi connectivity index (χ0n) is 7.66. The van der Waals surface area contributed by atoms with E-state index >= 15 is 0 Å². The molecule has 0 atom stereocenters. The van der Waals surface area contributed by atoms with Crippen LogP contribution in [-0.4, -0.2) is 23.3 Å². The van der Waals surface area contributed by atoms with Crippen LogP contribution in [0.3, 0.4) is 0 Å². The van der Waals surface area contributed by atoms with Crippen LogP contribution in [0.4, 0.5) is 5.82 Å². The summed E-state index contributed by atoms with van der Waals surface area (Å²) >= 11 is 5.66. The Hall–Kier alpha value is -1.82. The molecule has 0 bridgehead atoms. The Labute approximate surface area is 90.6 Å². The Morgan fingerprint density at radius 2 is 2.20 bits per heavy atom. The van der Waals surface area contributed by atoms with Crippen LogP contribution in [0.25, 0.3) is 0 Å². The molecule has 0 spiro atoms. The lowest BCUT2D eigenvalue weighted by atomic mass is 10.2. The molecule has 0 radical (unpaired) electrons. The lowest BCUT2D eigenvalue weighted by Gasteiger charge is -2.03. The van der Waals surface area contributed by atoms with Crippen molar-refractivity contribution in [2.24, 2.45) is 5.73 Å². The van der Waals surface area contributed by atoms with Gasteiger partial charge in [-0.15, -0.1) is 0 Å². The Morgan fingerprint density at radius 3 is 2.73 bits per heavy atom. The van der Waals surface area contributed by atoms with Gasteiger partial charge in [0.25, 0.3) is 5.91 Å². The average Bonchev–Trinajstić information content (AvgIpc) is 2.18. The van der Waals surface area contributed by atoms with E-state index in [-0.39, 0.29) is 22.9 Å². The van der Waals surface area contributed by atoms with Gasteiger partial charge in [-0.2, -0.15) is 0 Å². The fourth-order valence-electron chi connectivity index (χ4n) is 0.842. The van der Waals surface area contributed by atoms with Gasteiger partial charge in [0, 0.05) is 6.20 Å². The fourth-order valence-corrected chi connectivity index (χ4v) is 1.01. The number of pyridine rings is 1. The molecule has 0 saturated carbocycles. The van der Waals surface area contributed by atoms with E-state index in [9.17, 15) is 9.59 Å². The maximum atomic E-state index is 11.4. The standard InChI is InChI=1S/C8H9ClN4O2/c9-5-1-4(2-12-7(5)11)8(15)13-3-6(10)14/h1-2H,3H2,(H2,10,14)(H2,11,12)(H,13,15). The lowest BCUT2D eigenvalue weighted by molar-refractivity contribution is -0.117. The minimum atomic E-state index is -0.627. The zero-order valence-corrected chi connectivity index (χ0v) is 8.41. The van der Waals surface area contributed by atoms with E-state index in [4.69, 9.17) is 23.1 Å². The number of hydrogen-bond acceptors (Lipinski definition) is 4.